The number of pyridine rings is 1. The summed E-state index contributed by atoms with van der Waals surface area (Å²) in [5.41, 5.74) is 7.02. The third kappa shape index (κ3) is 7.16. The molecule has 0 saturated carbocycles. The molecule has 0 spiro atoms. The molecule has 0 bridgehead atoms. The molecule has 1 aromatic rings. The average Bonchev–Trinajstić information content (AvgIpc) is 2.45. The minimum atomic E-state index is -0.413. The number of carbonyl (C=O) groups is 1. The Labute approximate surface area is 138 Å². The van der Waals surface area contributed by atoms with Crippen LogP contribution in [0.15, 0.2) is 24.5 Å². The van der Waals surface area contributed by atoms with E-state index in [0.29, 0.717) is 18.9 Å². The maximum Gasteiger partial charge on any atom is 0.236 e. The van der Waals surface area contributed by atoms with Gasteiger partial charge in [0.2, 0.25) is 5.91 Å². The quantitative estimate of drug-likeness (QED) is 0.767. The van der Waals surface area contributed by atoms with Crippen molar-refractivity contribution in [2.75, 3.05) is 18.6 Å². The third-order valence-corrected chi connectivity index (χ3v) is 4.03. The number of nitrogens with one attached hydrogen (secondary N) is 1. The second kappa shape index (κ2) is 10.9. The number of hydrogen-bond acceptors (Lipinski definition) is 4. The fourth-order valence-electron chi connectivity index (χ4n) is 2.05. The molecule has 0 aliphatic heterocycles. The van der Waals surface area contributed by atoms with Gasteiger partial charge in [-0.05, 0) is 36.0 Å². The van der Waals surface area contributed by atoms with Crippen molar-refractivity contribution >= 4 is 30.1 Å². The fourth-order valence-corrected chi connectivity index (χ4v) is 2.54. The van der Waals surface area contributed by atoms with Gasteiger partial charge in [-0.1, -0.05) is 19.9 Å². The highest BCUT2D eigenvalue weighted by Gasteiger charge is 2.19. The summed E-state index contributed by atoms with van der Waals surface area (Å²) in [6.07, 6.45) is 6.36. The second-order valence-electron chi connectivity index (χ2n) is 5.27. The fraction of sp³-hybridized carbons (Fsp3) is 0.600. The van der Waals surface area contributed by atoms with Crippen LogP contribution in [-0.2, 0) is 4.79 Å². The van der Waals surface area contributed by atoms with Gasteiger partial charge in [0.15, 0.2) is 0 Å². The number of nitrogens with zero attached hydrogens (tertiary/aromatic N) is 1. The predicted octanol–water partition coefficient (Wildman–Crippen LogP) is 2.44. The van der Waals surface area contributed by atoms with Crippen LogP contribution in [0.1, 0.15) is 31.7 Å². The first-order chi connectivity index (χ1) is 9.56. The highest BCUT2D eigenvalue weighted by atomic mass is 35.5. The summed E-state index contributed by atoms with van der Waals surface area (Å²) in [6.45, 7) is 4.91. The summed E-state index contributed by atoms with van der Waals surface area (Å²) in [7, 11) is 0. The molecule has 4 nitrogen and oxygen atoms in total. The molecular formula is C15H26ClN3OS. The first kappa shape index (κ1) is 20.2. The molecule has 120 valence electrons. The molecule has 1 amide bonds. The van der Waals surface area contributed by atoms with Gasteiger partial charge >= 0.3 is 0 Å². The second-order valence-corrected chi connectivity index (χ2v) is 6.26. The Balaban J connectivity index is 0.00000400. The van der Waals surface area contributed by atoms with E-state index >= 15 is 0 Å². The van der Waals surface area contributed by atoms with Crippen molar-refractivity contribution < 1.29 is 4.79 Å². The molecule has 1 aromatic heterocycles. The zero-order chi connectivity index (χ0) is 15.0. The van der Waals surface area contributed by atoms with E-state index in [-0.39, 0.29) is 24.2 Å². The highest BCUT2D eigenvalue weighted by molar-refractivity contribution is 7.98. The van der Waals surface area contributed by atoms with Crippen LogP contribution >= 0.6 is 24.2 Å². The van der Waals surface area contributed by atoms with Crippen LogP contribution in [0.2, 0.25) is 0 Å². The molecule has 1 unspecified atom stereocenters. The highest BCUT2D eigenvalue weighted by Crippen LogP contribution is 2.22. The lowest BCUT2D eigenvalue weighted by Gasteiger charge is -2.22. The first-order valence-corrected chi connectivity index (χ1v) is 8.37. The van der Waals surface area contributed by atoms with Crippen molar-refractivity contribution in [1.29, 1.82) is 0 Å². The zero-order valence-corrected chi connectivity index (χ0v) is 14.5. The van der Waals surface area contributed by atoms with Crippen LogP contribution in [0.3, 0.4) is 0 Å². The van der Waals surface area contributed by atoms with Gasteiger partial charge in [0, 0.05) is 24.9 Å². The Morgan fingerprint density at radius 3 is 2.71 bits per heavy atom. The van der Waals surface area contributed by atoms with Gasteiger partial charge in [-0.25, -0.2) is 0 Å². The van der Waals surface area contributed by atoms with E-state index in [9.17, 15) is 4.79 Å². The van der Waals surface area contributed by atoms with Gasteiger partial charge in [0.05, 0.1) is 6.04 Å². The third-order valence-electron chi connectivity index (χ3n) is 3.38. The maximum absolute atomic E-state index is 11.9. The smallest absolute Gasteiger partial charge is 0.236 e. The Morgan fingerprint density at radius 2 is 2.19 bits per heavy atom. The molecule has 6 heteroatoms. The number of amides is 1. The molecule has 0 aliphatic carbocycles. The summed E-state index contributed by atoms with van der Waals surface area (Å²) in [6, 6.07) is 3.57. The summed E-state index contributed by atoms with van der Waals surface area (Å²) >= 11 is 1.71. The van der Waals surface area contributed by atoms with Gasteiger partial charge in [0.1, 0.15) is 0 Å². The lowest BCUT2D eigenvalue weighted by molar-refractivity contribution is -0.122. The van der Waals surface area contributed by atoms with Crippen LogP contribution in [0.5, 0.6) is 0 Å². The Morgan fingerprint density at radius 1 is 1.48 bits per heavy atom. The van der Waals surface area contributed by atoms with Crippen LogP contribution in [-0.4, -0.2) is 35.5 Å². The van der Waals surface area contributed by atoms with Gasteiger partial charge in [-0.15, -0.1) is 12.4 Å². The monoisotopic (exact) mass is 331 g/mol. The van der Waals surface area contributed by atoms with Gasteiger partial charge in [-0.3, -0.25) is 9.78 Å². The van der Waals surface area contributed by atoms with E-state index in [2.05, 4.69) is 30.2 Å². The Kier molecular flexibility index (Phi) is 10.5. The maximum atomic E-state index is 11.9. The van der Waals surface area contributed by atoms with Crippen molar-refractivity contribution in [1.82, 2.24) is 10.3 Å². The number of aromatic nitrogens is 1. The number of hydrogen-bond donors (Lipinski definition) is 2. The van der Waals surface area contributed by atoms with E-state index in [4.69, 9.17) is 5.73 Å². The molecule has 0 radical (unpaired) electrons. The Bertz CT molecular complexity index is 403. The van der Waals surface area contributed by atoms with Gasteiger partial charge in [0.25, 0.3) is 0 Å². The number of rotatable bonds is 8. The molecule has 0 aromatic carbocycles. The average molecular weight is 332 g/mol. The van der Waals surface area contributed by atoms with Crippen molar-refractivity contribution in [2.24, 2.45) is 11.7 Å². The minimum absolute atomic E-state index is 0. The van der Waals surface area contributed by atoms with Crippen molar-refractivity contribution in [3.8, 4) is 0 Å². The summed E-state index contributed by atoms with van der Waals surface area (Å²) in [5.74, 6) is 1.54. The molecule has 3 N–H and O–H groups in total. The molecule has 1 heterocycles. The molecule has 0 saturated heterocycles. The van der Waals surface area contributed by atoms with Crippen LogP contribution in [0.25, 0.3) is 0 Å². The normalized spacial score (nSPS) is 13.4. The summed E-state index contributed by atoms with van der Waals surface area (Å²) in [5, 5.41) is 2.97. The molecule has 1 rings (SSSR count). The standard InChI is InChI=1S/C15H25N3OS.ClH/c1-11(2)13(12-5-4-7-17-9-12)10-18-15(19)14(16)6-8-20-3;/h4-5,7,9,11,13-14H,6,8,10,16H2,1-3H3,(H,18,19);1H/t13?,14-;/m0./s1. The van der Waals surface area contributed by atoms with Crippen molar-refractivity contribution in [3.63, 3.8) is 0 Å². The summed E-state index contributed by atoms with van der Waals surface area (Å²) in [4.78, 5) is 16.1. The minimum Gasteiger partial charge on any atom is -0.354 e. The van der Waals surface area contributed by atoms with E-state index in [1.54, 1.807) is 18.0 Å². The first-order valence-electron chi connectivity index (χ1n) is 6.98. The zero-order valence-electron chi connectivity index (χ0n) is 12.9. The van der Waals surface area contributed by atoms with Crippen LogP contribution < -0.4 is 11.1 Å². The molecule has 0 fully saturated rings. The lowest BCUT2D eigenvalue weighted by atomic mass is 9.89. The summed E-state index contributed by atoms with van der Waals surface area (Å²) < 4.78 is 0. The number of thioether (sulfide) groups is 1. The molecule has 0 aliphatic rings. The van der Waals surface area contributed by atoms with Gasteiger partial charge < -0.3 is 11.1 Å². The van der Waals surface area contributed by atoms with Crippen molar-refractivity contribution in [3.05, 3.63) is 30.1 Å². The largest absolute Gasteiger partial charge is 0.354 e. The van der Waals surface area contributed by atoms with Gasteiger partial charge in [-0.2, -0.15) is 11.8 Å². The van der Waals surface area contributed by atoms with Crippen molar-refractivity contribution in [2.45, 2.75) is 32.2 Å². The van der Waals surface area contributed by atoms with E-state index in [0.717, 1.165) is 11.3 Å². The molecular weight excluding hydrogens is 306 g/mol. The Hall–Kier alpha value is -0.780. The topological polar surface area (TPSA) is 68.0 Å². The number of halogens is 1. The predicted molar refractivity (Wildman–Crippen MR) is 93.0 cm³/mol. The molecule has 2 atom stereocenters. The lowest BCUT2D eigenvalue weighted by Crippen LogP contribution is -2.42. The van der Waals surface area contributed by atoms with E-state index in [1.165, 1.54) is 0 Å². The molecule has 21 heavy (non-hydrogen) atoms. The van der Waals surface area contributed by atoms with E-state index < -0.39 is 6.04 Å². The van der Waals surface area contributed by atoms with E-state index in [1.807, 2.05) is 18.5 Å². The number of nitrogens with two attached hydrogens (primary N) is 1. The SMILES string of the molecule is CSCC[C@H](N)C(=O)NCC(c1cccnc1)C(C)C.Cl. The number of carbonyl (C=O) groups excluding carboxylic acids is 1. The van der Waals surface area contributed by atoms with Crippen LogP contribution in [0, 0.1) is 5.92 Å². The van der Waals surface area contributed by atoms with Crippen LogP contribution in [0.4, 0.5) is 0 Å².